The molecule has 0 aliphatic heterocycles. The van der Waals surface area contributed by atoms with E-state index in [9.17, 15) is 8.42 Å². The predicted molar refractivity (Wildman–Crippen MR) is 91.2 cm³/mol. The standard InChI is InChI=1S/C15H19N3O2S2/c1-21-15(6-3-7-15)9-16-14-12-8-11(22(2,19)20)4-5-13(12)17-10-18-14/h4-5,8,10H,3,6-7,9H2,1-2H3,(H,16,17,18). The van der Waals surface area contributed by atoms with Crippen molar-refractivity contribution >= 4 is 38.3 Å². The Morgan fingerprint density at radius 2 is 2.09 bits per heavy atom. The minimum Gasteiger partial charge on any atom is -0.368 e. The summed E-state index contributed by atoms with van der Waals surface area (Å²) >= 11 is 1.89. The maximum atomic E-state index is 11.7. The van der Waals surface area contributed by atoms with Crippen LogP contribution in [0.4, 0.5) is 5.82 Å². The fraction of sp³-hybridized carbons (Fsp3) is 0.467. The zero-order chi connectivity index (χ0) is 15.8. The van der Waals surface area contributed by atoms with E-state index in [0.717, 1.165) is 17.4 Å². The number of rotatable bonds is 5. The molecule has 3 rings (SSSR count). The summed E-state index contributed by atoms with van der Waals surface area (Å²) in [7, 11) is -3.24. The Morgan fingerprint density at radius 3 is 2.68 bits per heavy atom. The van der Waals surface area contributed by atoms with Crippen molar-refractivity contribution in [3.8, 4) is 0 Å². The predicted octanol–water partition coefficient (Wildman–Crippen LogP) is 2.73. The first kappa shape index (κ1) is 15.6. The monoisotopic (exact) mass is 337 g/mol. The number of aromatic nitrogens is 2. The molecule has 1 aromatic carbocycles. The van der Waals surface area contributed by atoms with E-state index in [-0.39, 0.29) is 4.75 Å². The number of anilines is 1. The molecule has 2 aromatic rings. The fourth-order valence-electron chi connectivity index (χ4n) is 2.68. The van der Waals surface area contributed by atoms with Crippen LogP contribution in [-0.2, 0) is 9.84 Å². The van der Waals surface area contributed by atoms with Gasteiger partial charge < -0.3 is 5.32 Å². The van der Waals surface area contributed by atoms with Gasteiger partial charge in [0.1, 0.15) is 12.1 Å². The number of benzene rings is 1. The van der Waals surface area contributed by atoms with E-state index in [1.807, 2.05) is 11.8 Å². The first-order chi connectivity index (χ1) is 10.4. The molecule has 0 atom stereocenters. The lowest BCUT2D eigenvalue weighted by Crippen LogP contribution is -2.40. The van der Waals surface area contributed by atoms with Crippen molar-refractivity contribution in [2.75, 3.05) is 24.4 Å². The highest BCUT2D eigenvalue weighted by molar-refractivity contribution is 8.00. The molecule has 1 aromatic heterocycles. The maximum absolute atomic E-state index is 11.7. The number of nitrogens with one attached hydrogen (secondary N) is 1. The molecular formula is C15H19N3O2S2. The molecule has 1 fully saturated rings. The van der Waals surface area contributed by atoms with Crippen molar-refractivity contribution in [3.05, 3.63) is 24.5 Å². The summed E-state index contributed by atoms with van der Waals surface area (Å²) in [6.07, 6.45) is 8.54. The Morgan fingerprint density at radius 1 is 1.32 bits per heavy atom. The molecule has 1 aliphatic carbocycles. The molecule has 0 amide bonds. The smallest absolute Gasteiger partial charge is 0.175 e. The second kappa shape index (κ2) is 5.70. The minimum atomic E-state index is -3.24. The average Bonchev–Trinajstić information content (AvgIpc) is 2.45. The van der Waals surface area contributed by atoms with E-state index in [0.29, 0.717) is 10.7 Å². The molecule has 1 N–H and O–H groups in total. The molecule has 1 saturated carbocycles. The third kappa shape index (κ3) is 2.92. The van der Waals surface area contributed by atoms with E-state index in [1.165, 1.54) is 31.8 Å². The van der Waals surface area contributed by atoms with Crippen molar-refractivity contribution in [2.24, 2.45) is 0 Å². The SMILES string of the molecule is CSC1(CNc2ncnc3ccc(S(C)(=O)=O)cc23)CCC1. The summed E-state index contributed by atoms with van der Waals surface area (Å²) in [5, 5.41) is 4.14. The number of sulfone groups is 1. The quantitative estimate of drug-likeness (QED) is 0.904. The van der Waals surface area contributed by atoms with Gasteiger partial charge in [-0.25, -0.2) is 18.4 Å². The van der Waals surface area contributed by atoms with E-state index in [2.05, 4.69) is 21.5 Å². The number of hydrogen-bond acceptors (Lipinski definition) is 6. The summed E-state index contributed by atoms with van der Waals surface area (Å²) in [5.74, 6) is 0.704. The Bertz CT molecular complexity index is 796. The van der Waals surface area contributed by atoms with Crippen molar-refractivity contribution < 1.29 is 8.42 Å². The number of thioether (sulfide) groups is 1. The number of fused-ring (bicyclic) bond motifs is 1. The Kier molecular flexibility index (Phi) is 4.03. The molecule has 0 bridgehead atoms. The summed E-state index contributed by atoms with van der Waals surface area (Å²) in [5.41, 5.74) is 0.747. The third-order valence-corrected chi connectivity index (χ3v) is 6.84. The van der Waals surface area contributed by atoms with Crippen LogP contribution >= 0.6 is 11.8 Å². The third-order valence-electron chi connectivity index (χ3n) is 4.31. The number of hydrogen-bond donors (Lipinski definition) is 1. The topological polar surface area (TPSA) is 72.0 Å². The first-order valence-corrected chi connectivity index (χ1v) is 10.3. The second-order valence-electron chi connectivity index (χ2n) is 5.77. The summed E-state index contributed by atoms with van der Waals surface area (Å²) in [4.78, 5) is 8.80. The van der Waals surface area contributed by atoms with Crippen molar-refractivity contribution in [1.82, 2.24) is 9.97 Å². The Balaban J connectivity index is 1.95. The van der Waals surface area contributed by atoms with Gasteiger partial charge in [-0.1, -0.05) is 6.42 Å². The highest BCUT2D eigenvalue weighted by Gasteiger charge is 2.36. The van der Waals surface area contributed by atoms with Crippen LogP contribution in [0.2, 0.25) is 0 Å². The van der Waals surface area contributed by atoms with Gasteiger partial charge in [-0.3, -0.25) is 0 Å². The zero-order valence-corrected chi connectivity index (χ0v) is 14.3. The van der Waals surface area contributed by atoms with Crippen LogP contribution in [-0.4, -0.2) is 42.2 Å². The molecule has 1 heterocycles. The molecule has 0 spiro atoms. The lowest BCUT2D eigenvalue weighted by Gasteiger charge is -2.40. The van der Waals surface area contributed by atoms with Crippen LogP contribution in [0.3, 0.4) is 0 Å². The number of nitrogens with zero attached hydrogens (tertiary/aromatic N) is 2. The molecule has 0 radical (unpaired) electrons. The van der Waals surface area contributed by atoms with Gasteiger partial charge in [-0.15, -0.1) is 0 Å². The fourth-order valence-corrected chi connectivity index (χ4v) is 4.24. The molecular weight excluding hydrogens is 318 g/mol. The van der Waals surface area contributed by atoms with Gasteiger partial charge in [0.05, 0.1) is 10.4 Å². The van der Waals surface area contributed by atoms with Crippen molar-refractivity contribution in [2.45, 2.75) is 28.9 Å². The van der Waals surface area contributed by atoms with Crippen LogP contribution in [0, 0.1) is 0 Å². The minimum absolute atomic E-state index is 0.283. The van der Waals surface area contributed by atoms with E-state index < -0.39 is 9.84 Å². The summed E-state index contributed by atoms with van der Waals surface area (Å²) in [6.45, 7) is 0.837. The van der Waals surface area contributed by atoms with E-state index in [1.54, 1.807) is 18.2 Å². The molecule has 0 unspecified atom stereocenters. The first-order valence-electron chi connectivity index (χ1n) is 7.17. The molecule has 7 heteroatoms. The van der Waals surface area contributed by atoms with Gasteiger partial charge in [0, 0.05) is 22.9 Å². The maximum Gasteiger partial charge on any atom is 0.175 e. The molecule has 118 valence electrons. The van der Waals surface area contributed by atoms with E-state index in [4.69, 9.17) is 0 Å². The highest BCUT2D eigenvalue weighted by atomic mass is 32.2. The van der Waals surface area contributed by atoms with Gasteiger partial charge >= 0.3 is 0 Å². The lowest BCUT2D eigenvalue weighted by molar-refractivity contribution is 0.379. The Labute approximate surface area is 134 Å². The van der Waals surface area contributed by atoms with Crippen LogP contribution in [0.25, 0.3) is 10.9 Å². The van der Waals surface area contributed by atoms with Gasteiger partial charge in [0.15, 0.2) is 9.84 Å². The highest BCUT2D eigenvalue weighted by Crippen LogP contribution is 2.42. The Hall–Kier alpha value is -1.34. The van der Waals surface area contributed by atoms with Crippen molar-refractivity contribution in [3.63, 3.8) is 0 Å². The van der Waals surface area contributed by atoms with Crippen LogP contribution < -0.4 is 5.32 Å². The average molecular weight is 337 g/mol. The molecule has 5 nitrogen and oxygen atoms in total. The molecule has 22 heavy (non-hydrogen) atoms. The van der Waals surface area contributed by atoms with Gasteiger partial charge in [0.25, 0.3) is 0 Å². The summed E-state index contributed by atoms with van der Waals surface area (Å²) < 4.78 is 23.8. The summed E-state index contributed by atoms with van der Waals surface area (Å²) in [6, 6.07) is 4.97. The van der Waals surface area contributed by atoms with Gasteiger partial charge in [-0.2, -0.15) is 11.8 Å². The van der Waals surface area contributed by atoms with Crippen LogP contribution in [0.15, 0.2) is 29.4 Å². The largest absolute Gasteiger partial charge is 0.368 e. The van der Waals surface area contributed by atoms with Crippen LogP contribution in [0.5, 0.6) is 0 Å². The van der Waals surface area contributed by atoms with Crippen LogP contribution in [0.1, 0.15) is 19.3 Å². The van der Waals surface area contributed by atoms with E-state index >= 15 is 0 Å². The second-order valence-corrected chi connectivity index (χ2v) is 9.06. The van der Waals surface area contributed by atoms with Gasteiger partial charge in [-0.05, 0) is 37.3 Å². The lowest BCUT2D eigenvalue weighted by atomic mass is 9.84. The van der Waals surface area contributed by atoms with Crippen molar-refractivity contribution in [1.29, 1.82) is 0 Å². The zero-order valence-electron chi connectivity index (χ0n) is 12.7. The normalized spacial score (nSPS) is 17.2. The molecule has 1 aliphatic rings. The molecule has 0 saturated heterocycles. The van der Waals surface area contributed by atoms with Gasteiger partial charge in [0.2, 0.25) is 0 Å².